The zero-order valence-corrected chi connectivity index (χ0v) is 27.3. The summed E-state index contributed by atoms with van der Waals surface area (Å²) in [7, 11) is 0. The van der Waals surface area contributed by atoms with Crippen molar-refractivity contribution in [2.75, 3.05) is 39.5 Å². The number of hydrogen-bond donors (Lipinski definition) is 3. The number of nitrogens with zero attached hydrogens (tertiary/aromatic N) is 1. The van der Waals surface area contributed by atoms with E-state index >= 15 is 0 Å². The van der Waals surface area contributed by atoms with Crippen LogP contribution in [0.4, 0.5) is 0 Å². The van der Waals surface area contributed by atoms with Gasteiger partial charge in [-0.2, -0.15) is 0 Å². The number of amides is 2. The third-order valence-electron chi connectivity index (χ3n) is 14.4. The first-order chi connectivity index (χ1) is 20.6. The summed E-state index contributed by atoms with van der Waals surface area (Å²) in [4.78, 5) is 27.4. The molecule has 3 N–H and O–H groups in total. The molecule has 7 fully saturated rings. The molecule has 0 aromatic rings. The molecule has 4 aliphatic carbocycles. The average molecular weight is 599 g/mol. The minimum Gasteiger partial charge on any atom is -0.379 e. The summed E-state index contributed by atoms with van der Waals surface area (Å²) in [6.07, 6.45) is 12.7. The highest BCUT2D eigenvalue weighted by Crippen LogP contribution is 2.71. The second-order valence-electron chi connectivity index (χ2n) is 16.5. The van der Waals surface area contributed by atoms with Crippen molar-refractivity contribution in [1.29, 1.82) is 0 Å². The highest BCUT2D eigenvalue weighted by molar-refractivity contribution is 5.96. The normalized spacial score (nSPS) is 49.4. The molecule has 4 saturated carbocycles. The van der Waals surface area contributed by atoms with E-state index in [9.17, 15) is 9.59 Å². The van der Waals surface area contributed by atoms with E-state index in [-0.39, 0.29) is 30.0 Å². The molecule has 0 bridgehead atoms. The molecule has 3 heterocycles. The van der Waals surface area contributed by atoms with Crippen LogP contribution in [0.25, 0.3) is 0 Å². The fraction of sp³-hybridized carbons (Fsp3) is 0.943. The Balaban J connectivity index is 0.940. The minimum atomic E-state index is -0.185. The van der Waals surface area contributed by atoms with E-state index < -0.39 is 0 Å². The first kappa shape index (κ1) is 30.4. The van der Waals surface area contributed by atoms with Crippen molar-refractivity contribution >= 4 is 11.8 Å². The summed E-state index contributed by atoms with van der Waals surface area (Å²) in [6, 6.07) is 0.199. The average Bonchev–Trinajstić information content (AvgIpc) is 3.44. The maximum Gasteiger partial charge on any atom is 0.230 e. The molecule has 242 valence electrons. The van der Waals surface area contributed by atoms with Crippen molar-refractivity contribution in [2.45, 2.75) is 116 Å². The number of nitrogens with one attached hydrogen (secondary N) is 3. The van der Waals surface area contributed by atoms with Crippen molar-refractivity contribution < 1.29 is 19.1 Å². The Morgan fingerprint density at radius 2 is 1.70 bits per heavy atom. The molecule has 1 spiro atoms. The summed E-state index contributed by atoms with van der Waals surface area (Å²) < 4.78 is 12.4. The quantitative estimate of drug-likeness (QED) is 0.409. The molecule has 43 heavy (non-hydrogen) atoms. The molecular weight excluding hydrogens is 540 g/mol. The van der Waals surface area contributed by atoms with Crippen LogP contribution >= 0.6 is 0 Å². The molecule has 7 aliphatic rings. The highest BCUT2D eigenvalue weighted by Gasteiger charge is 2.68. The number of carbonyl (C=O) groups excluding carboxylic acids is 2. The molecule has 8 nitrogen and oxygen atoms in total. The summed E-state index contributed by atoms with van der Waals surface area (Å²) in [5, 5.41) is 10.1. The predicted molar refractivity (Wildman–Crippen MR) is 166 cm³/mol. The number of carbonyl (C=O) groups is 2. The van der Waals surface area contributed by atoms with Crippen LogP contribution in [0.3, 0.4) is 0 Å². The highest BCUT2D eigenvalue weighted by atomic mass is 16.5. The van der Waals surface area contributed by atoms with Crippen molar-refractivity contribution in [3.8, 4) is 0 Å². The van der Waals surface area contributed by atoms with Crippen LogP contribution in [0.1, 0.15) is 98.3 Å². The van der Waals surface area contributed by atoms with Crippen LogP contribution in [0.15, 0.2) is 0 Å². The Bertz CT molecular complexity index is 1060. The van der Waals surface area contributed by atoms with Gasteiger partial charge in [0.05, 0.1) is 26.0 Å². The lowest BCUT2D eigenvalue weighted by molar-refractivity contribution is -0.137. The van der Waals surface area contributed by atoms with Gasteiger partial charge in [-0.05, 0) is 111 Å². The molecule has 0 aromatic heterocycles. The Kier molecular flexibility index (Phi) is 8.17. The standard InChI is InChI=1S/C35H58N4O4/c1-22-7-12-35(37-20-22)23(2)32-29(43-35)18-28-26-6-5-24-17-25(8-10-33(24,3)27(26)9-11-34(28,32)4)38-31(41)19-30(40)36-21-39-13-15-42-16-14-39/h22-29,32,37H,5-21H2,1-4H3,(H,36,40)(H,38,41)/t22-,23+,24-,25+,26-,27+,28+,29+,32+,33+,34+,35-/m1/s1. The van der Waals surface area contributed by atoms with Gasteiger partial charge in [0.2, 0.25) is 11.8 Å². The minimum absolute atomic E-state index is 0.0770. The summed E-state index contributed by atoms with van der Waals surface area (Å²) in [6.45, 7) is 14.8. The number of morpholine rings is 1. The van der Waals surface area contributed by atoms with Crippen molar-refractivity contribution in [3.05, 3.63) is 0 Å². The SMILES string of the molecule is C[C@@H]1CC[C@@]2(NC1)O[C@H]1C[C@H]3[C@@H]4CC[C@@H]5C[C@@H](NC(=O)CC(=O)NCN6CCOCC6)CC[C@]5(C)[C@H]4CC[C@]3(C)[C@H]1[C@@H]2C. The second kappa shape index (κ2) is 11.5. The van der Waals surface area contributed by atoms with Gasteiger partial charge in [-0.25, -0.2) is 0 Å². The number of rotatable bonds is 5. The van der Waals surface area contributed by atoms with Gasteiger partial charge in [0.15, 0.2) is 0 Å². The number of ether oxygens (including phenoxy) is 2. The fourth-order valence-corrected chi connectivity index (χ4v) is 12.0. The molecule has 0 aromatic carbocycles. The largest absolute Gasteiger partial charge is 0.379 e. The zero-order valence-electron chi connectivity index (χ0n) is 27.3. The molecule has 3 aliphatic heterocycles. The van der Waals surface area contributed by atoms with E-state index in [2.05, 4.69) is 48.5 Å². The number of fused-ring (bicyclic) bond motifs is 7. The maximum atomic E-state index is 12.8. The summed E-state index contributed by atoms with van der Waals surface area (Å²) in [5.74, 6) is 4.78. The van der Waals surface area contributed by atoms with E-state index in [1.807, 2.05) is 0 Å². The molecule has 7 rings (SSSR count). The van der Waals surface area contributed by atoms with Crippen LogP contribution in [-0.4, -0.2) is 74.1 Å². The molecule has 0 unspecified atom stereocenters. The van der Waals surface area contributed by atoms with E-state index in [1.165, 1.54) is 51.4 Å². The molecular formula is C35H58N4O4. The monoisotopic (exact) mass is 598 g/mol. The van der Waals surface area contributed by atoms with E-state index in [0.29, 0.717) is 54.6 Å². The third-order valence-corrected chi connectivity index (χ3v) is 14.4. The Morgan fingerprint density at radius 3 is 2.47 bits per heavy atom. The number of piperidine rings is 1. The van der Waals surface area contributed by atoms with E-state index in [1.54, 1.807) is 0 Å². The van der Waals surface area contributed by atoms with Crippen molar-refractivity contribution in [1.82, 2.24) is 20.9 Å². The fourth-order valence-electron chi connectivity index (χ4n) is 12.0. The molecule has 3 saturated heterocycles. The molecule has 8 heteroatoms. The molecule has 0 radical (unpaired) electrons. The van der Waals surface area contributed by atoms with E-state index in [0.717, 1.165) is 56.1 Å². The van der Waals surface area contributed by atoms with E-state index in [4.69, 9.17) is 9.47 Å². The van der Waals surface area contributed by atoms with Gasteiger partial charge in [0.1, 0.15) is 12.1 Å². The lowest BCUT2D eigenvalue weighted by Gasteiger charge is -2.61. The van der Waals surface area contributed by atoms with Gasteiger partial charge in [0, 0.05) is 31.6 Å². The predicted octanol–water partition coefficient (Wildman–Crippen LogP) is 4.29. The van der Waals surface area contributed by atoms with Crippen LogP contribution in [-0.2, 0) is 19.1 Å². The van der Waals surface area contributed by atoms with Crippen LogP contribution in [0.2, 0.25) is 0 Å². The third kappa shape index (κ3) is 5.28. The van der Waals surface area contributed by atoms with Gasteiger partial charge >= 0.3 is 0 Å². The topological polar surface area (TPSA) is 91.9 Å². The van der Waals surface area contributed by atoms with Crippen molar-refractivity contribution in [3.63, 3.8) is 0 Å². The summed E-state index contributed by atoms with van der Waals surface area (Å²) in [5.41, 5.74) is 0.687. The van der Waals surface area contributed by atoms with Gasteiger partial charge in [-0.15, -0.1) is 0 Å². The second-order valence-corrected chi connectivity index (χ2v) is 16.5. The first-order valence-electron chi connectivity index (χ1n) is 17.9. The van der Waals surface area contributed by atoms with Crippen LogP contribution in [0, 0.1) is 52.3 Å². The van der Waals surface area contributed by atoms with Gasteiger partial charge in [-0.1, -0.05) is 27.7 Å². The maximum absolute atomic E-state index is 12.8. The Labute approximate surface area is 259 Å². The first-order valence-corrected chi connectivity index (χ1v) is 17.9. The van der Waals surface area contributed by atoms with Gasteiger partial charge in [0.25, 0.3) is 0 Å². The molecule has 12 atom stereocenters. The Morgan fingerprint density at radius 1 is 0.907 bits per heavy atom. The molecule has 2 amide bonds. The summed E-state index contributed by atoms with van der Waals surface area (Å²) >= 11 is 0. The lowest BCUT2D eigenvalue weighted by atomic mass is 9.44. The van der Waals surface area contributed by atoms with Crippen molar-refractivity contribution in [2.24, 2.45) is 52.3 Å². The lowest BCUT2D eigenvalue weighted by Crippen LogP contribution is -2.58. The van der Waals surface area contributed by atoms with Gasteiger partial charge < -0.3 is 20.1 Å². The smallest absolute Gasteiger partial charge is 0.230 e. The van der Waals surface area contributed by atoms with Gasteiger partial charge in [-0.3, -0.25) is 19.8 Å². The van der Waals surface area contributed by atoms with Crippen LogP contribution < -0.4 is 16.0 Å². The Hall–Kier alpha value is -1.22. The number of hydrogen-bond acceptors (Lipinski definition) is 6. The van der Waals surface area contributed by atoms with Crippen LogP contribution in [0.5, 0.6) is 0 Å². The zero-order chi connectivity index (χ0) is 30.0.